The smallest absolute Gasteiger partial charge is 0.274 e. The standard InChI is InChI=1S/C8H9ClN2O3/c9-5-1-2-8(11(13)14)6(3-5)7(10)4-12/h1-3,7,12H,4,10H2/t7-/m0/s1. The maximum atomic E-state index is 10.6. The highest BCUT2D eigenvalue weighted by atomic mass is 35.5. The zero-order valence-corrected chi connectivity index (χ0v) is 7.94. The molecular formula is C8H9ClN2O3. The van der Waals surface area contributed by atoms with Gasteiger partial charge in [0.2, 0.25) is 0 Å². The number of nitro groups is 1. The van der Waals surface area contributed by atoms with Gasteiger partial charge in [0.1, 0.15) is 0 Å². The fourth-order valence-electron chi connectivity index (χ4n) is 1.09. The van der Waals surface area contributed by atoms with E-state index in [0.29, 0.717) is 5.02 Å². The van der Waals surface area contributed by atoms with Crippen LogP contribution in [0.15, 0.2) is 18.2 Å². The Morgan fingerprint density at radius 1 is 1.64 bits per heavy atom. The molecule has 0 aliphatic carbocycles. The minimum Gasteiger partial charge on any atom is -0.394 e. The number of nitrogens with two attached hydrogens (primary N) is 1. The highest BCUT2D eigenvalue weighted by molar-refractivity contribution is 6.30. The highest BCUT2D eigenvalue weighted by Gasteiger charge is 2.18. The van der Waals surface area contributed by atoms with Crippen LogP contribution in [0.25, 0.3) is 0 Å². The molecule has 1 aromatic carbocycles. The summed E-state index contributed by atoms with van der Waals surface area (Å²) in [5, 5.41) is 19.7. The molecule has 1 aromatic rings. The van der Waals surface area contributed by atoms with Gasteiger partial charge in [0.05, 0.1) is 23.1 Å². The quantitative estimate of drug-likeness (QED) is 0.588. The number of aliphatic hydroxyl groups is 1. The topological polar surface area (TPSA) is 89.4 Å². The van der Waals surface area contributed by atoms with E-state index in [-0.39, 0.29) is 17.9 Å². The Hall–Kier alpha value is -1.17. The number of halogens is 1. The third kappa shape index (κ3) is 2.20. The molecule has 0 saturated heterocycles. The molecule has 0 aliphatic heterocycles. The van der Waals surface area contributed by atoms with Crippen LogP contribution in [0.2, 0.25) is 5.02 Å². The Morgan fingerprint density at radius 3 is 2.79 bits per heavy atom. The third-order valence-electron chi connectivity index (χ3n) is 1.78. The van der Waals surface area contributed by atoms with Crippen molar-refractivity contribution >= 4 is 17.3 Å². The van der Waals surface area contributed by atoms with Gasteiger partial charge < -0.3 is 10.8 Å². The van der Waals surface area contributed by atoms with Crippen LogP contribution in [-0.2, 0) is 0 Å². The second-order valence-corrected chi connectivity index (χ2v) is 3.19. The Labute approximate surface area is 85.3 Å². The van der Waals surface area contributed by atoms with Crippen LogP contribution in [0, 0.1) is 10.1 Å². The minimum atomic E-state index is -0.783. The second-order valence-electron chi connectivity index (χ2n) is 2.75. The van der Waals surface area contributed by atoms with Gasteiger partial charge in [-0.2, -0.15) is 0 Å². The molecule has 0 aliphatic rings. The van der Waals surface area contributed by atoms with Crippen molar-refractivity contribution in [1.29, 1.82) is 0 Å². The lowest BCUT2D eigenvalue weighted by molar-refractivity contribution is -0.385. The molecule has 0 heterocycles. The van der Waals surface area contributed by atoms with Crippen molar-refractivity contribution in [3.8, 4) is 0 Å². The van der Waals surface area contributed by atoms with Gasteiger partial charge in [-0.05, 0) is 12.1 Å². The van der Waals surface area contributed by atoms with E-state index >= 15 is 0 Å². The molecule has 0 spiro atoms. The lowest BCUT2D eigenvalue weighted by Crippen LogP contribution is -2.16. The molecule has 0 aromatic heterocycles. The van der Waals surface area contributed by atoms with E-state index in [0.717, 1.165) is 0 Å². The maximum absolute atomic E-state index is 10.6. The van der Waals surface area contributed by atoms with E-state index in [1.165, 1.54) is 18.2 Å². The van der Waals surface area contributed by atoms with E-state index in [4.69, 9.17) is 22.4 Å². The molecule has 0 fully saturated rings. The molecule has 14 heavy (non-hydrogen) atoms. The summed E-state index contributed by atoms with van der Waals surface area (Å²) in [6.07, 6.45) is 0. The number of aliphatic hydroxyl groups excluding tert-OH is 1. The molecule has 0 unspecified atom stereocenters. The molecule has 3 N–H and O–H groups in total. The van der Waals surface area contributed by atoms with Crippen molar-refractivity contribution in [3.63, 3.8) is 0 Å². The Morgan fingerprint density at radius 2 is 2.29 bits per heavy atom. The van der Waals surface area contributed by atoms with Crippen LogP contribution in [0.3, 0.4) is 0 Å². The molecule has 0 amide bonds. The summed E-state index contributed by atoms with van der Waals surface area (Å²) >= 11 is 5.66. The van der Waals surface area contributed by atoms with Crippen molar-refractivity contribution in [2.24, 2.45) is 5.73 Å². The van der Waals surface area contributed by atoms with Crippen LogP contribution in [0.5, 0.6) is 0 Å². The summed E-state index contributed by atoms with van der Waals surface area (Å²) in [5.41, 5.74) is 5.60. The molecule has 0 radical (unpaired) electrons. The number of rotatable bonds is 3. The van der Waals surface area contributed by atoms with Gasteiger partial charge in [-0.1, -0.05) is 11.6 Å². The van der Waals surface area contributed by atoms with Crippen LogP contribution >= 0.6 is 11.6 Å². The molecule has 5 nitrogen and oxygen atoms in total. The van der Waals surface area contributed by atoms with E-state index < -0.39 is 11.0 Å². The number of benzene rings is 1. The fraction of sp³-hybridized carbons (Fsp3) is 0.250. The van der Waals surface area contributed by atoms with E-state index in [2.05, 4.69) is 0 Å². The predicted octanol–water partition coefficient (Wildman–Crippen LogP) is 1.24. The average Bonchev–Trinajstić information content (AvgIpc) is 2.16. The lowest BCUT2D eigenvalue weighted by atomic mass is 10.1. The van der Waals surface area contributed by atoms with Crippen LogP contribution in [-0.4, -0.2) is 16.6 Å². The van der Waals surface area contributed by atoms with Gasteiger partial charge in [-0.3, -0.25) is 10.1 Å². The van der Waals surface area contributed by atoms with Crippen molar-refractivity contribution in [2.45, 2.75) is 6.04 Å². The second kappa shape index (κ2) is 4.36. The fourth-order valence-corrected chi connectivity index (χ4v) is 1.27. The van der Waals surface area contributed by atoms with Crippen molar-refractivity contribution in [1.82, 2.24) is 0 Å². The number of nitrogens with zero attached hydrogens (tertiary/aromatic N) is 1. The Balaban J connectivity index is 3.22. The van der Waals surface area contributed by atoms with E-state index in [1.807, 2.05) is 0 Å². The Bertz CT molecular complexity index is 356. The number of hydrogen-bond acceptors (Lipinski definition) is 4. The van der Waals surface area contributed by atoms with Crippen LogP contribution in [0.1, 0.15) is 11.6 Å². The van der Waals surface area contributed by atoms with Gasteiger partial charge in [0.15, 0.2) is 0 Å². The minimum absolute atomic E-state index is 0.129. The highest BCUT2D eigenvalue weighted by Crippen LogP contribution is 2.26. The van der Waals surface area contributed by atoms with Crippen molar-refractivity contribution in [3.05, 3.63) is 38.9 Å². The first kappa shape index (κ1) is 10.9. The zero-order chi connectivity index (χ0) is 10.7. The maximum Gasteiger partial charge on any atom is 0.274 e. The summed E-state index contributed by atoms with van der Waals surface area (Å²) in [7, 11) is 0. The first-order valence-electron chi connectivity index (χ1n) is 3.86. The summed E-state index contributed by atoms with van der Waals surface area (Å²) in [6.45, 7) is -0.360. The van der Waals surface area contributed by atoms with Gasteiger partial charge in [-0.25, -0.2) is 0 Å². The molecule has 1 rings (SSSR count). The molecule has 0 saturated carbocycles. The SMILES string of the molecule is N[C@@H](CO)c1cc(Cl)ccc1[N+](=O)[O-]. The van der Waals surface area contributed by atoms with Gasteiger partial charge in [-0.15, -0.1) is 0 Å². The van der Waals surface area contributed by atoms with Crippen LogP contribution in [0.4, 0.5) is 5.69 Å². The van der Waals surface area contributed by atoms with E-state index in [9.17, 15) is 10.1 Å². The molecular weight excluding hydrogens is 208 g/mol. The number of nitro benzene ring substituents is 1. The monoisotopic (exact) mass is 216 g/mol. The summed E-state index contributed by atoms with van der Waals surface area (Å²) < 4.78 is 0. The van der Waals surface area contributed by atoms with Gasteiger partial charge in [0, 0.05) is 11.1 Å². The third-order valence-corrected chi connectivity index (χ3v) is 2.02. The normalized spacial score (nSPS) is 12.5. The largest absolute Gasteiger partial charge is 0.394 e. The van der Waals surface area contributed by atoms with Crippen molar-refractivity contribution < 1.29 is 10.0 Å². The summed E-state index contributed by atoms with van der Waals surface area (Å²) in [4.78, 5) is 10.0. The molecule has 6 heteroatoms. The molecule has 1 atom stereocenters. The first-order chi connectivity index (χ1) is 6.56. The Kier molecular flexibility index (Phi) is 3.40. The predicted molar refractivity (Wildman–Crippen MR) is 52.1 cm³/mol. The number of hydrogen-bond donors (Lipinski definition) is 2. The van der Waals surface area contributed by atoms with E-state index in [1.54, 1.807) is 0 Å². The average molecular weight is 217 g/mol. The van der Waals surface area contributed by atoms with Crippen molar-refractivity contribution in [2.75, 3.05) is 6.61 Å². The molecule has 76 valence electrons. The van der Waals surface area contributed by atoms with Crippen LogP contribution < -0.4 is 5.73 Å². The van der Waals surface area contributed by atoms with Gasteiger partial charge in [0.25, 0.3) is 5.69 Å². The molecule has 0 bridgehead atoms. The van der Waals surface area contributed by atoms with Gasteiger partial charge >= 0.3 is 0 Å². The summed E-state index contributed by atoms with van der Waals surface area (Å²) in [5.74, 6) is 0. The summed E-state index contributed by atoms with van der Waals surface area (Å²) in [6, 6.07) is 3.29. The first-order valence-corrected chi connectivity index (χ1v) is 4.24. The lowest BCUT2D eigenvalue weighted by Gasteiger charge is -2.08. The zero-order valence-electron chi connectivity index (χ0n) is 7.18.